The molecule has 0 amide bonds. The molecule has 1 aromatic heterocycles. The third-order valence-corrected chi connectivity index (χ3v) is 3.88. The van der Waals surface area contributed by atoms with Crippen LogP contribution in [0.2, 0.25) is 0 Å². The van der Waals surface area contributed by atoms with Crippen molar-refractivity contribution < 1.29 is 4.74 Å². The van der Waals surface area contributed by atoms with E-state index in [9.17, 15) is 9.59 Å². The van der Waals surface area contributed by atoms with E-state index in [2.05, 4.69) is 16.9 Å². The zero-order chi connectivity index (χ0) is 16.8. The van der Waals surface area contributed by atoms with Gasteiger partial charge in [-0.3, -0.25) is 9.97 Å². The predicted octanol–water partition coefficient (Wildman–Crippen LogP) is 3.54. The topological polar surface area (TPSA) is 87.8 Å². The standard InChI is InChI=1S/C17H31N3O3/c1-2-3-4-5-6-7-8-9-10-11-12-13-14-23-17-19-15(21)18-16(22)20-17/h2-14H2,1H3,(H2,18,19,20,21,22). The number of unbranched alkanes of at least 4 members (excludes halogenated alkanes) is 11. The monoisotopic (exact) mass is 325 g/mol. The molecule has 0 aliphatic heterocycles. The number of hydrogen-bond acceptors (Lipinski definition) is 4. The lowest BCUT2D eigenvalue weighted by Gasteiger charge is -2.04. The Hall–Kier alpha value is -1.59. The summed E-state index contributed by atoms with van der Waals surface area (Å²) in [6.45, 7) is 2.73. The van der Waals surface area contributed by atoms with Crippen LogP contribution in [0, 0.1) is 0 Å². The van der Waals surface area contributed by atoms with Gasteiger partial charge in [-0.25, -0.2) is 9.59 Å². The van der Waals surface area contributed by atoms with E-state index >= 15 is 0 Å². The van der Waals surface area contributed by atoms with Crippen molar-refractivity contribution in [2.75, 3.05) is 6.61 Å². The Morgan fingerprint density at radius 3 is 1.83 bits per heavy atom. The van der Waals surface area contributed by atoms with Gasteiger partial charge in [-0.2, -0.15) is 0 Å². The molecule has 2 N–H and O–H groups in total. The van der Waals surface area contributed by atoms with Gasteiger partial charge in [0.15, 0.2) is 0 Å². The summed E-state index contributed by atoms with van der Waals surface area (Å²) in [6.07, 6.45) is 15.4. The van der Waals surface area contributed by atoms with Crippen LogP contribution in [0.15, 0.2) is 9.59 Å². The lowest BCUT2D eigenvalue weighted by molar-refractivity contribution is 0.278. The van der Waals surface area contributed by atoms with Crippen LogP contribution in [0.5, 0.6) is 6.01 Å². The maximum Gasteiger partial charge on any atom is 0.353 e. The zero-order valence-electron chi connectivity index (χ0n) is 14.4. The van der Waals surface area contributed by atoms with Crippen molar-refractivity contribution in [3.63, 3.8) is 0 Å². The first-order valence-electron chi connectivity index (χ1n) is 9.06. The zero-order valence-corrected chi connectivity index (χ0v) is 14.4. The lowest BCUT2D eigenvalue weighted by atomic mass is 10.1. The highest BCUT2D eigenvalue weighted by Gasteiger charge is 1.99. The minimum absolute atomic E-state index is 0.00169. The lowest BCUT2D eigenvalue weighted by Crippen LogP contribution is -2.25. The third kappa shape index (κ3) is 10.7. The SMILES string of the molecule is CCCCCCCCCCCCCCOc1nc(=O)[nH]c(=O)[nH]1. The number of aromatic amines is 2. The molecule has 0 saturated carbocycles. The average molecular weight is 325 g/mol. The fourth-order valence-corrected chi connectivity index (χ4v) is 2.55. The van der Waals surface area contributed by atoms with Crippen molar-refractivity contribution in [3.05, 3.63) is 21.0 Å². The quantitative estimate of drug-likeness (QED) is 0.512. The van der Waals surface area contributed by atoms with Crippen molar-refractivity contribution in [2.45, 2.75) is 84.0 Å². The predicted molar refractivity (Wildman–Crippen MR) is 92.1 cm³/mol. The second-order valence-electron chi connectivity index (χ2n) is 6.04. The Balaban J connectivity index is 1.88. The molecular weight excluding hydrogens is 294 g/mol. The van der Waals surface area contributed by atoms with E-state index in [1.165, 1.54) is 64.2 Å². The molecule has 0 fully saturated rings. The van der Waals surface area contributed by atoms with Crippen LogP contribution in [0.25, 0.3) is 0 Å². The van der Waals surface area contributed by atoms with E-state index in [1.54, 1.807) is 0 Å². The smallest absolute Gasteiger partial charge is 0.353 e. The fraction of sp³-hybridized carbons (Fsp3) is 0.824. The minimum Gasteiger partial charge on any atom is -0.465 e. The molecule has 0 aliphatic rings. The molecule has 0 bridgehead atoms. The highest BCUT2D eigenvalue weighted by molar-refractivity contribution is 4.87. The number of nitrogens with zero attached hydrogens (tertiary/aromatic N) is 1. The summed E-state index contributed by atoms with van der Waals surface area (Å²) in [5.41, 5.74) is -1.27. The molecule has 6 nitrogen and oxygen atoms in total. The maximum atomic E-state index is 11.0. The van der Waals surface area contributed by atoms with Crippen molar-refractivity contribution in [1.29, 1.82) is 0 Å². The van der Waals surface area contributed by atoms with Gasteiger partial charge in [-0.05, 0) is 6.42 Å². The van der Waals surface area contributed by atoms with Gasteiger partial charge in [0.2, 0.25) is 0 Å². The Bertz CT molecular complexity index is 482. The van der Waals surface area contributed by atoms with Gasteiger partial charge in [0.05, 0.1) is 6.61 Å². The molecular formula is C17H31N3O3. The second kappa shape index (κ2) is 12.9. The van der Waals surface area contributed by atoms with Crippen molar-refractivity contribution in [3.8, 4) is 6.01 Å². The van der Waals surface area contributed by atoms with Crippen LogP contribution in [0.3, 0.4) is 0 Å². The third-order valence-electron chi connectivity index (χ3n) is 3.88. The number of ether oxygens (including phenoxy) is 1. The van der Waals surface area contributed by atoms with Gasteiger partial charge in [-0.15, -0.1) is 4.98 Å². The van der Waals surface area contributed by atoms with Crippen molar-refractivity contribution >= 4 is 0 Å². The van der Waals surface area contributed by atoms with Crippen molar-refractivity contribution in [2.24, 2.45) is 0 Å². The molecule has 0 aromatic carbocycles. The Morgan fingerprint density at radius 2 is 1.30 bits per heavy atom. The summed E-state index contributed by atoms with van der Waals surface area (Å²) in [6, 6.07) is 0.00169. The van der Waals surface area contributed by atoms with E-state index in [0.717, 1.165) is 12.8 Å². The summed E-state index contributed by atoms with van der Waals surface area (Å²) >= 11 is 0. The van der Waals surface area contributed by atoms with Crippen LogP contribution in [-0.2, 0) is 0 Å². The molecule has 132 valence electrons. The molecule has 6 heteroatoms. The molecule has 23 heavy (non-hydrogen) atoms. The van der Waals surface area contributed by atoms with E-state index in [0.29, 0.717) is 6.61 Å². The van der Waals surface area contributed by atoms with E-state index in [4.69, 9.17) is 4.74 Å². The second-order valence-corrected chi connectivity index (χ2v) is 6.04. The van der Waals surface area contributed by atoms with Gasteiger partial charge < -0.3 is 4.74 Å². The summed E-state index contributed by atoms with van der Waals surface area (Å²) in [4.78, 5) is 29.9. The Morgan fingerprint density at radius 1 is 0.783 bits per heavy atom. The number of hydrogen-bond donors (Lipinski definition) is 2. The average Bonchev–Trinajstić information content (AvgIpc) is 2.51. The number of H-pyrrole nitrogens is 2. The molecule has 0 atom stereocenters. The molecule has 0 unspecified atom stereocenters. The first-order chi connectivity index (χ1) is 11.2. The van der Waals surface area contributed by atoms with Crippen LogP contribution < -0.4 is 16.1 Å². The van der Waals surface area contributed by atoms with Gasteiger partial charge in [0, 0.05) is 0 Å². The van der Waals surface area contributed by atoms with Gasteiger partial charge in [0.1, 0.15) is 0 Å². The first kappa shape index (κ1) is 19.5. The van der Waals surface area contributed by atoms with Gasteiger partial charge in [0.25, 0.3) is 0 Å². The summed E-state index contributed by atoms with van der Waals surface area (Å²) in [7, 11) is 0. The summed E-state index contributed by atoms with van der Waals surface area (Å²) in [5, 5.41) is 0. The van der Waals surface area contributed by atoms with Crippen LogP contribution >= 0.6 is 0 Å². The molecule has 0 radical (unpaired) electrons. The van der Waals surface area contributed by atoms with E-state index < -0.39 is 11.4 Å². The van der Waals surface area contributed by atoms with Crippen LogP contribution in [-0.4, -0.2) is 21.6 Å². The minimum atomic E-state index is -0.682. The molecule has 0 aliphatic carbocycles. The molecule has 0 spiro atoms. The summed E-state index contributed by atoms with van der Waals surface area (Å²) < 4.78 is 5.27. The van der Waals surface area contributed by atoms with Crippen molar-refractivity contribution in [1.82, 2.24) is 15.0 Å². The summed E-state index contributed by atoms with van der Waals surface area (Å²) in [5.74, 6) is 0. The molecule has 1 aromatic rings. The number of rotatable bonds is 14. The highest BCUT2D eigenvalue weighted by atomic mass is 16.5. The number of aromatic nitrogens is 3. The first-order valence-corrected chi connectivity index (χ1v) is 9.06. The van der Waals surface area contributed by atoms with Crippen LogP contribution in [0.1, 0.15) is 84.0 Å². The Kier molecular flexibility index (Phi) is 10.9. The number of nitrogens with one attached hydrogen (secondary N) is 2. The molecule has 1 rings (SSSR count). The van der Waals surface area contributed by atoms with E-state index in [1.807, 2.05) is 4.98 Å². The highest BCUT2D eigenvalue weighted by Crippen LogP contribution is 2.11. The van der Waals surface area contributed by atoms with E-state index in [-0.39, 0.29) is 6.01 Å². The molecule has 0 saturated heterocycles. The maximum absolute atomic E-state index is 11.0. The fourth-order valence-electron chi connectivity index (χ4n) is 2.55. The molecule has 1 heterocycles. The van der Waals surface area contributed by atoms with Gasteiger partial charge >= 0.3 is 17.4 Å². The van der Waals surface area contributed by atoms with Crippen LogP contribution in [0.4, 0.5) is 0 Å². The normalized spacial score (nSPS) is 10.8. The van der Waals surface area contributed by atoms with Gasteiger partial charge in [-0.1, -0.05) is 77.6 Å². The largest absolute Gasteiger partial charge is 0.465 e. The Labute approximate surface area is 138 Å².